The largest absolute Gasteiger partial charge is 0.340 e. The van der Waals surface area contributed by atoms with Crippen LogP contribution in [0.5, 0.6) is 0 Å². The Bertz CT molecular complexity index is 288. The number of nitrogens with zero attached hydrogens (tertiary/aromatic N) is 1. The van der Waals surface area contributed by atoms with Crippen LogP contribution in [0.3, 0.4) is 0 Å². The minimum absolute atomic E-state index is 0.598. The van der Waals surface area contributed by atoms with Crippen molar-refractivity contribution >= 4 is 13.6 Å². The Hall–Kier alpha value is -0.430. The first-order valence-electron chi connectivity index (χ1n) is 6.56. The van der Waals surface area contributed by atoms with E-state index in [4.69, 9.17) is 4.52 Å². The molecule has 0 aliphatic carbocycles. The molecule has 0 amide bonds. The molecular formula is C14H24NOP. The maximum Gasteiger partial charge on any atom is 0.137 e. The van der Waals surface area contributed by atoms with Gasteiger partial charge in [0.2, 0.25) is 0 Å². The zero-order chi connectivity index (χ0) is 12.5. The lowest BCUT2D eigenvalue weighted by molar-refractivity contribution is 0.310. The maximum atomic E-state index is 6.10. The summed E-state index contributed by atoms with van der Waals surface area (Å²) < 4.78 is 8.52. The van der Waals surface area contributed by atoms with E-state index in [0.717, 1.165) is 26.1 Å². The van der Waals surface area contributed by atoms with E-state index in [1.807, 2.05) is 0 Å². The molecule has 2 nitrogen and oxygen atoms in total. The number of rotatable bonds is 8. The van der Waals surface area contributed by atoms with Gasteiger partial charge in [0.1, 0.15) is 8.30 Å². The van der Waals surface area contributed by atoms with Crippen LogP contribution >= 0.6 is 8.30 Å². The van der Waals surface area contributed by atoms with Crippen LogP contribution in [0.25, 0.3) is 0 Å². The zero-order valence-electron chi connectivity index (χ0n) is 11.2. The third kappa shape index (κ3) is 4.75. The highest BCUT2D eigenvalue weighted by Gasteiger charge is 2.18. The van der Waals surface area contributed by atoms with Gasteiger partial charge in [0, 0.05) is 18.4 Å². The van der Waals surface area contributed by atoms with Gasteiger partial charge >= 0.3 is 0 Å². The molecule has 0 heterocycles. The predicted molar refractivity (Wildman–Crippen MR) is 76.8 cm³/mol. The summed E-state index contributed by atoms with van der Waals surface area (Å²) in [6.45, 7) is 9.56. The van der Waals surface area contributed by atoms with Gasteiger partial charge in [0.25, 0.3) is 0 Å². The molecule has 0 saturated carbocycles. The van der Waals surface area contributed by atoms with Crippen LogP contribution in [0.4, 0.5) is 0 Å². The monoisotopic (exact) mass is 253 g/mol. The van der Waals surface area contributed by atoms with Crippen LogP contribution in [0, 0.1) is 0 Å². The molecule has 1 rings (SSSR count). The summed E-state index contributed by atoms with van der Waals surface area (Å²) in [7, 11) is -0.598. The summed E-state index contributed by atoms with van der Waals surface area (Å²) in [6, 6.07) is 10.6. The highest BCUT2D eigenvalue weighted by atomic mass is 31.2. The first-order chi connectivity index (χ1) is 8.33. The van der Waals surface area contributed by atoms with E-state index >= 15 is 0 Å². The Balaban J connectivity index is 2.71. The van der Waals surface area contributed by atoms with Crippen molar-refractivity contribution in [3.8, 4) is 0 Å². The van der Waals surface area contributed by atoms with Gasteiger partial charge in [0.05, 0.1) is 6.61 Å². The fourth-order valence-corrected chi connectivity index (χ4v) is 3.53. The minimum Gasteiger partial charge on any atom is -0.340 e. The third-order valence-corrected chi connectivity index (χ3v) is 4.92. The second-order valence-corrected chi connectivity index (χ2v) is 5.82. The van der Waals surface area contributed by atoms with Crippen molar-refractivity contribution < 1.29 is 4.52 Å². The van der Waals surface area contributed by atoms with Gasteiger partial charge in [-0.25, -0.2) is 0 Å². The number of hydrogen-bond acceptors (Lipinski definition) is 2. The molecule has 0 aliphatic rings. The van der Waals surface area contributed by atoms with E-state index in [-0.39, 0.29) is 0 Å². The quantitative estimate of drug-likeness (QED) is 0.516. The van der Waals surface area contributed by atoms with E-state index in [2.05, 4.69) is 55.8 Å². The second-order valence-electron chi connectivity index (χ2n) is 3.93. The van der Waals surface area contributed by atoms with Crippen molar-refractivity contribution in [1.82, 2.24) is 4.67 Å². The molecule has 3 heteroatoms. The van der Waals surface area contributed by atoms with E-state index < -0.39 is 8.30 Å². The standard InChI is InChI=1S/C14H24NOP/c1-4-7-13-16-17(15(5-2)6-3)14-11-9-8-10-12-14/h8-12H,4-7,13H2,1-3H3. The Morgan fingerprint density at radius 3 is 2.24 bits per heavy atom. The Morgan fingerprint density at radius 2 is 1.71 bits per heavy atom. The normalized spacial score (nSPS) is 12.9. The average Bonchev–Trinajstić information content (AvgIpc) is 2.39. The predicted octanol–water partition coefficient (Wildman–Crippen LogP) is 3.78. The van der Waals surface area contributed by atoms with E-state index in [0.29, 0.717) is 0 Å². The van der Waals surface area contributed by atoms with Crippen molar-refractivity contribution in [2.75, 3.05) is 19.7 Å². The van der Waals surface area contributed by atoms with Crippen LogP contribution in [0.2, 0.25) is 0 Å². The van der Waals surface area contributed by atoms with Gasteiger partial charge in [0.15, 0.2) is 0 Å². The van der Waals surface area contributed by atoms with Crippen molar-refractivity contribution in [1.29, 1.82) is 0 Å². The first kappa shape index (κ1) is 14.6. The molecule has 17 heavy (non-hydrogen) atoms. The molecule has 1 atom stereocenters. The summed E-state index contributed by atoms with van der Waals surface area (Å²) in [5.74, 6) is 0. The number of benzene rings is 1. The van der Waals surface area contributed by atoms with Gasteiger partial charge in [-0.3, -0.25) is 4.67 Å². The van der Waals surface area contributed by atoms with Crippen molar-refractivity contribution in [3.63, 3.8) is 0 Å². The van der Waals surface area contributed by atoms with Crippen molar-refractivity contribution in [2.24, 2.45) is 0 Å². The summed E-state index contributed by atoms with van der Waals surface area (Å²) in [5, 5.41) is 1.32. The van der Waals surface area contributed by atoms with Crippen LogP contribution in [0.1, 0.15) is 33.6 Å². The topological polar surface area (TPSA) is 12.5 Å². The molecule has 0 aromatic heterocycles. The first-order valence-corrected chi connectivity index (χ1v) is 7.77. The molecule has 0 bridgehead atoms. The highest BCUT2D eigenvalue weighted by Crippen LogP contribution is 2.40. The van der Waals surface area contributed by atoms with Crippen LogP contribution in [0.15, 0.2) is 30.3 Å². The van der Waals surface area contributed by atoms with E-state index in [9.17, 15) is 0 Å². The van der Waals surface area contributed by atoms with Crippen LogP contribution in [-0.4, -0.2) is 24.4 Å². The number of hydrogen-bond donors (Lipinski definition) is 0. The molecule has 0 aliphatic heterocycles. The van der Waals surface area contributed by atoms with Gasteiger partial charge in [-0.05, 0) is 6.42 Å². The Morgan fingerprint density at radius 1 is 1.06 bits per heavy atom. The molecule has 1 aromatic carbocycles. The summed E-state index contributed by atoms with van der Waals surface area (Å²) in [6.07, 6.45) is 2.34. The Kier molecular flexibility index (Phi) is 7.43. The van der Waals surface area contributed by atoms with Gasteiger partial charge in [-0.1, -0.05) is 57.5 Å². The van der Waals surface area contributed by atoms with E-state index in [1.165, 1.54) is 11.7 Å². The van der Waals surface area contributed by atoms with Gasteiger partial charge in [-0.15, -0.1) is 0 Å². The Labute approximate surface area is 107 Å². The fraction of sp³-hybridized carbons (Fsp3) is 0.571. The zero-order valence-corrected chi connectivity index (χ0v) is 12.1. The highest BCUT2D eigenvalue weighted by molar-refractivity contribution is 7.58. The van der Waals surface area contributed by atoms with E-state index in [1.54, 1.807) is 0 Å². The maximum absolute atomic E-state index is 6.10. The van der Waals surface area contributed by atoms with Crippen LogP contribution in [-0.2, 0) is 4.52 Å². The lowest BCUT2D eigenvalue weighted by Crippen LogP contribution is -2.24. The van der Waals surface area contributed by atoms with Gasteiger partial charge < -0.3 is 4.52 Å². The summed E-state index contributed by atoms with van der Waals surface area (Å²) in [5.41, 5.74) is 0. The molecule has 0 radical (unpaired) electrons. The minimum atomic E-state index is -0.598. The molecule has 1 aromatic rings. The van der Waals surface area contributed by atoms with Crippen molar-refractivity contribution in [3.05, 3.63) is 30.3 Å². The summed E-state index contributed by atoms with van der Waals surface area (Å²) in [4.78, 5) is 0. The van der Waals surface area contributed by atoms with Gasteiger partial charge in [-0.2, -0.15) is 0 Å². The van der Waals surface area contributed by atoms with Crippen molar-refractivity contribution in [2.45, 2.75) is 33.6 Å². The lowest BCUT2D eigenvalue weighted by atomic mass is 10.4. The summed E-state index contributed by atoms with van der Waals surface area (Å²) >= 11 is 0. The molecule has 0 saturated heterocycles. The fourth-order valence-electron chi connectivity index (χ4n) is 1.65. The third-order valence-electron chi connectivity index (χ3n) is 2.68. The smallest absolute Gasteiger partial charge is 0.137 e. The molecule has 1 unspecified atom stereocenters. The number of unbranched alkanes of at least 4 members (excludes halogenated alkanes) is 1. The average molecular weight is 253 g/mol. The molecule has 0 fully saturated rings. The van der Waals surface area contributed by atoms with Crippen LogP contribution < -0.4 is 5.30 Å². The molecule has 0 N–H and O–H groups in total. The molecule has 0 spiro atoms. The molecular weight excluding hydrogens is 229 g/mol. The second kappa shape index (κ2) is 8.63. The SMILES string of the molecule is CCCCOP(c1ccccc1)N(CC)CC. The lowest BCUT2D eigenvalue weighted by Gasteiger charge is -2.29. The molecule has 96 valence electrons.